The highest BCUT2D eigenvalue weighted by Crippen LogP contribution is 2.44. The van der Waals surface area contributed by atoms with E-state index < -0.39 is 17.6 Å². The van der Waals surface area contributed by atoms with Crippen molar-refractivity contribution in [3.8, 4) is 0 Å². The summed E-state index contributed by atoms with van der Waals surface area (Å²) in [7, 11) is 0. The van der Waals surface area contributed by atoms with Crippen molar-refractivity contribution in [2.75, 3.05) is 26.2 Å². The number of hydrogen-bond donors (Lipinski definition) is 1. The predicted molar refractivity (Wildman–Crippen MR) is 71.4 cm³/mol. The van der Waals surface area contributed by atoms with Crippen LogP contribution in [-0.2, 0) is 4.74 Å². The summed E-state index contributed by atoms with van der Waals surface area (Å²) in [6.45, 7) is 4.34. The van der Waals surface area contributed by atoms with Crippen LogP contribution in [0.2, 0.25) is 0 Å². The van der Waals surface area contributed by atoms with Gasteiger partial charge in [-0.15, -0.1) is 0 Å². The molecule has 1 saturated heterocycles. The topological polar surface area (TPSA) is 38.5 Å². The summed E-state index contributed by atoms with van der Waals surface area (Å²) < 4.78 is 44.8. The zero-order valence-electron chi connectivity index (χ0n) is 12.1. The van der Waals surface area contributed by atoms with Crippen LogP contribution in [0.4, 0.5) is 13.2 Å². The monoisotopic (exact) mass is 294 g/mol. The molecule has 2 fully saturated rings. The summed E-state index contributed by atoms with van der Waals surface area (Å²) >= 11 is 0. The highest BCUT2D eigenvalue weighted by atomic mass is 19.4. The van der Waals surface area contributed by atoms with Crippen molar-refractivity contribution in [2.45, 2.75) is 56.8 Å². The molecular formula is C14H25F3N2O. The Bertz CT molecular complexity index is 324. The molecule has 1 aliphatic carbocycles. The molecule has 0 aromatic heterocycles. The number of alkyl halides is 3. The molecule has 0 aromatic carbocycles. The van der Waals surface area contributed by atoms with Crippen LogP contribution < -0.4 is 5.73 Å². The molecule has 0 radical (unpaired) electrons. The van der Waals surface area contributed by atoms with Gasteiger partial charge in [-0.05, 0) is 25.7 Å². The first kappa shape index (κ1) is 16.0. The van der Waals surface area contributed by atoms with Crippen molar-refractivity contribution >= 4 is 0 Å². The third-order valence-electron chi connectivity index (χ3n) is 4.93. The molecule has 118 valence electrons. The Labute approximate surface area is 118 Å². The molecule has 0 bridgehead atoms. The van der Waals surface area contributed by atoms with E-state index in [1.165, 1.54) is 0 Å². The number of halogens is 3. The van der Waals surface area contributed by atoms with Gasteiger partial charge < -0.3 is 10.5 Å². The van der Waals surface area contributed by atoms with Gasteiger partial charge in [0.2, 0.25) is 0 Å². The molecule has 20 heavy (non-hydrogen) atoms. The first-order valence-corrected chi connectivity index (χ1v) is 7.55. The molecule has 0 spiro atoms. The lowest BCUT2D eigenvalue weighted by Gasteiger charge is -2.51. The van der Waals surface area contributed by atoms with Crippen molar-refractivity contribution in [3.63, 3.8) is 0 Å². The molecule has 0 aromatic rings. The van der Waals surface area contributed by atoms with Crippen LogP contribution in [0.25, 0.3) is 0 Å². The molecule has 1 aliphatic heterocycles. The van der Waals surface area contributed by atoms with Gasteiger partial charge in [0.15, 0.2) is 0 Å². The molecule has 3 unspecified atom stereocenters. The Balaban J connectivity index is 2.11. The number of ether oxygens (including phenoxy) is 1. The predicted octanol–water partition coefficient (Wildman–Crippen LogP) is 2.55. The van der Waals surface area contributed by atoms with E-state index in [0.717, 1.165) is 12.8 Å². The molecule has 6 heteroatoms. The van der Waals surface area contributed by atoms with Crippen molar-refractivity contribution in [3.05, 3.63) is 0 Å². The summed E-state index contributed by atoms with van der Waals surface area (Å²) in [6.07, 6.45) is -1.33. The summed E-state index contributed by atoms with van der Waals surface area (Å²) in [5.41, 5.74) is 5.42. The fraction of sp³-hybridized carbons (Fsp3) is 1.00. The zero-order valence-corrected chi connectivity index (χ0v) is 12.1. The number of hydrogen-bond acceptors (Lipinski definition) is 3. The van der Waals surface area contributed by atoms with Crippen LogP contribution in [0.15, 0.2) is 0 Å². The van der Waals surface area contributed by atoms with Crippen LogP contribution in [0.1, 0.15) is 39.0 Å². The van der Waals surface area contributed by atoms with E-state index in [9.17, 15) is 13.2 Å². The van der Waals surface area contributed by atoms with E-state index in [1.54, 1.807) is 0 Å². The number of nitrogens with zero attached hydrogens (tertiary/aromatic N) is 1. The van der Waals surface area contributed by atoms with Crippen molar-refractivity contribution in [2.24, 2.45) is 11.7 Å². The van der Waals surface area contributed by atoms with Crippen molar-refractivity contribution < 1.29 is 17.9 Å². The summed E-state index contributed by atoms with van der Waals surface area (Å²) in [5, 5.41) is 0. The number of morpholine rings is 1. The first-order chi connectivity index (χ1) is 9.41. The molecule has 2 N–H and O–H groups in total. The molecule has 3 atom stereocenters. The lowest BCUT2D eigenvalue weighted by Crippen LogP contribution is -2.61. The van der Waals surface area contributed by atoms with Gasteiger partial charge in [0.25, 0.3) is 0 Å². The minimum absolute atomic E-state index is 0.124. The Morgan fingerprint density at radius 1 is 1.40 bits per heavy atom. The van der Waals surface area contributed by atoms with Gasteiger partial charge in [0, 0.05) is 25.2 Å². The van der Waals surface area contributed by atoms with Gasteiger partial charge in [-0.2, -0.15) is 13.2 Å². The van der Waals surface area contributed by atoms with Crippen LogP contribution >= 0.6 is 0 Å². The minimum atomic E-state index is -4.10. The number of rotatable bonds is 3. The van der Waals surface area contributed by atoms with Crippen molar-refractivity contribution in [1.82, 2.24) is 4.90 Å². The molecule has 2 rings (SSSR count). The van der Waals surface area contributed by atoms with E-state index in [4.69, 9.17) is 10.5 Å². The van der Waals surface area contributed by atoms with Gasteiger partial charge >= 0.3 is 6.18 Å². The summed E-state index contributed by atoms with van der Waals surface area (Å²) in [4.78, 5) is 2.17. The SMILES string of the molecule is CCC1CN(C2(CN)CCCC(C(F)(F)F)C2)CCO1. The maximum absolute atomic E-state index is 13.0. The van der Waals surface area contributed by atoms with Gasteiger partial charge in [-0.1, -0.05) is 13.3 Å². The van der Waals surface area contributed by atoms with Gasteiger partial charge in [-0.3, -0.25) is 4.90 Å². The van der Waals surface area contributed by atoms with Gasteiger partial charge in [0.1, 0.15) is 0 Å². The quantitative estimate of drug-likeness (QED) is 0.869. The lowest BCUT2D eigenvalue weighted by molar-refractivity contribution is -0.197. The van der Waals surface area contributed by atoms with Crippen LogP contribution in [0.3, 0.4) is 0 Å². The third-order valence-corrected chi connectivity index (χ3v) is 4.93. The molecule has 2 aliphatic rings. The number of nitrogens with two attached hydrogens (primary N) is 1. The van der Waals surface area contributed by atoms with E-state index in [0.29, 0.717) is 32.7 Å². The first-order valence-electron chi connectivity index (χ1n) is 7.55. The van der Waals surface area contributed by atoms with Crippen molar-refractivity contribution in [1.29, 1.82) is 0 Å². The highest BCUT2D eigenvalue weighted by molar-refractivity contribution is 4.99. The second kappa shape index (κ2) is 6.20. The molecular weight excluding hydrogens is 269 g/mol. The van der Waals surface area contributed by atoms with Gasteiger partial charge in [0.05, 0.1) is 18.6 Å². The fourth-order valence-corrected chi connectivity index (χ4v) is 3.62. The largest absolute Gasteiger partial charge is 0.391 e. The van der Waals surface area contributed by atoms with E-state index in [2.05, 4.69) is 4.90 Å². The summed E-state index contributed by atoms with van der Waals surface area (Å²) in [5.74, 6) is -1.21. The normalized spacial score (nSPS) is 37.0. The maximum atomic E-state index is 13.0. The van der Waals surface area contributed by atoms with Crippen LogP contribution in [0.5, 0.6) is 0 Å². The Morgan fingerprint density at radius 3 is 2.75 bits per heavy atom. The average molecular weight is 294 g/mol. The molecule has 3 nitrogen and oxygen atoms in total. The average Bonchev–Trinajstić information content (AvgIpc) is 2.46. The standard InChI is InChI=1S/C14H25F3N2O/c1-2-12-9-19(6-7-20-12)13(10-18)5-3-4-11(8-13)14(15,16)17/h11-12H,2-10,18H2,1H3. The molecule has 1 heterocycles. The third kappa shape index (κ3) is 3.28. The van der Waals surface area contributed by atoms with Crippen LogP contribution in [-0.4, -0.2) is 49.0 Å². The smallest absolute Gasteiger partial charge is 0.376 e. The van der Waals surface area contributed by atoms with Crippen LogP contribution in [0, 0.1) is 5.92 Å². The van der Waals surface area contributed by atoms with E-state index in [-0.39, 0.29) is 18.9 Å². The van der Waals surface area contributed by atoms with E-state index in [1.807, 2.05) is 6.92 Å². The summed E-state index contributed by atoms with van der Waals surface area (Å²) in [6, 6.07) is 0. The Morgan fingerprint density at radius 2 is 2.15 bits per heavy atom. The molecule has 1 saturated carbocycles. The maximum Gasteiger partial charge on any atom is 0.391 e. The minimum Gasteiger partial charge on any atom is -0.376 e. The van der Waals surface area contributed by atoms with Gasteiger partial charge in [-0.25, -0.2) is 0 Å². The van der Waals surface area contributed by atoms with E-state index >= 15 is 0 Å². The highest BCUT2D eigenvalue weighted by Gasteiger charge is 2.49. The second-order valence-electron chi connectivity index (χ2n) is 6.11. The molecule has 0 amide bonds. The zero-order chi connectivity index (χ0) is 14.8. The lowest BCUT2D eigenvalue weighted by atomic mass is 9.74. The Kier molecular flexibility index (Phi) is 4.97. The Hall–Kier alpha value is -0.330. The fourth-order valence-electron chi connectivity index (χ4n) is 3.62. The second-order valence-corrected chi connectivity index (χ2v) is 6.11.